The lowest BCUT2D eigenvalue weighted by Gasteiger charge is -2.25. The summed E-state index contributed by atoms with van der Waals surface area (Å²) in [5.41, 5.74) is 4.36. The van der Waals surface area contributed by atoms with E-state index in [1.54, 1.807) is 0 Å². The van der Waals surface area contributed by atoms with Crippen LogP contribution in [0.15, 0.2) is 24.8 Å². The predicted molar refractivity (Wildman–Crippen MR) is 64.6 cm³/mol. The Morgan fingerprint density at radius 3 is 2.36 bits per heavy atom. The van der Waals surface area contributed by atoms with E-state index in [2.05, 4.69) is 52.5 Å². The van der Waals surface area contributed by atoms with Crippen molar-refractivity contribution in [3.05, 3.63) is 41.5 Å². The monoisotopic (exact) mass is 188 g/mol. The normalized spacial score (nSPS) is 11.4. The van der Waals surface area contributed by atoms with Gasteiger partial charge in [0.1, 0.15) is 0 Å². The van der Waals surface area contributed by atoms with Crippen molar-refractivity contribution in [2.75, 3.05) is 0 Å². The molecule has 0 N–H and O–H groups in total. The van der Waals surface area contributed by atoms with Crippen molar-refractivity contribution in [2.45, 2.75) is 39.5 Å². The Morgan fingerprint density at radius 1 is 1.29 bits per heavy atom. The summed E-state index contributed by atoms with van der Waals surface area (Å²) in [7, 11) is 0. The predicted octanol–water partition coefficient (Wildman–Crippen LogP) is 4.19. The smallest absolute Gasteiger partial charge is 0.0123 e. The number of hydrogen-bond donors (Lipinski definition) is 0. The highest BCUT2D eigenvalue weighted by atomic mass is 14.2. The van der Waals surface area contributed by atoms with Crippen molar-refractivity contribution >= 4 is 6.08 Å². The molecular formula is C14H20. The zero-order valence-electron chi connectivity index (χ0n) is 9.72. The SMILES string of the molecule is C=Cc1cccc(CC)c1C(C)(C)C. The molecular weight excluding hydrogens is 168 g/mol. The molecule has 0 spiro atoms. The van der Waals surface area contributed by atoms with Crippen molar-refractivity contribution in [3.63, 3.8) is 0 Å². The molecule has 0 radical (unpaired) electrons. The first-order valence-corrected chi connectivity index (χ1v) is 5.25. The second-order valence-corrected chi connectivity index (χ2v) is 4.69. The van der Waals surface area contributed by atoms with Crippen molar-refractivity contribution in [3.8, 4) is 0 Å². The minimum Gasteiger partial charge on any atom is -0.0985 e. The van der Waals surface area contributed by atoms with Gasteiger partial charge in [-0.1, -0.05) is 58.5 Å². The standard InChI is InChI=1S/C14H20/c1-6-11-9-8-10-12(7-2)13(11)14(3,4)5/h6,8-10H,1,7H2,2-5H3. The molecule has 0 aliphatic rings. The van der Waals surface area contributed by atoms with Gasteiger partial charge in [0.2, 0.25) is 0 Å². The Hall–Kier alpha value is -1.04. The highest BCUT2D eigenvalue weighted by Gasteiger charge is 2.19. The van der Waals surface area contributed by atoms with Gasteiger partial charge in [-0.15, -0.1) is 0 Å². The van der Waals surface area contributed by atoms with Gasteiger partial charge in [-0.2, -0.15) is 0 Å². The van der Waals surface area contributed by atoms with E-state index in [0.717, 1.165) is 6.42 Å². The summed E-state index contributed by atoms with van der Waals surface area (Å²) >= 11 is 0. The highest BCUT2D eigenvalue weighted by Crippen LogP contribution is 2.30. The van der Waals surface area contributed by atoms with Crippen LogP contribution in [0.25, 0.3) is 6.08 Å². The van der Waals surface area contributed by atoms with Crippen LogP contribution in [0.5, 0.6) is 0 Å². The number of benzene rings is 1. The summed E-state index contributed by atoms with van der Waals surface area (Å²) in [6.07, 6.45) is 3.05. The molecule has 1 rings (SSSR count). The van der Waals surface area contributed by atoms with Gasteiger partial charge in [0.15, 0.2) is 0 Å². The lowest BCUT2D eigenvalue weighted by molar-refractivity contribution is 0.582. The molecule has 0 heterocycles. The molecule has 0 heteroatoms. The Kier molecular flexibility index (Phi) is 3.15. The van der Waals surface area contributed by atoms with Crippen LogP contribution in [-0.4, -0.2) is 0 Å². The van der Waals surface area contributed by atoms with Gasteiger partial charge in [-0.25, -0.2) is 0 Å². The first-order valence-electron chi connectivity index (χ1n) is 5.25. The average Bonchev–Trinajstić information content (AvgIpc) is 2.15. The Balaban J connectivity index is 3.41. The van der Waals surface area contributed by atoms with Gasteiger partial charge in [0.05, 0.1) is 0 Å². The maximum absolute atomic E-state index is 3.88. The van der Waals surface area contributed by atoms with Gasteiger partial charge in [-0.05, 0) is 28.5 Å². The number of hydrogen-bond acceptors (Lipinski definition) is 0. The summed E-state index contributed by atoms with van der Waals surface area (Å²) in [6.45, 7) is 12.9. The average molecular weight is 188 g/mol. The van der Waals surface area contributed by atoms with Crippen LogP contribution < -0.4 is 0 Å². The van der Waals surface area contributed by atoms with Crippen LogP contribution in [-0.2, 0) is 11.8 Å². The third kappa shape index (κ3) is 2.06. The molecule has 0 bridgehead atoms. The van der Waals surface area contributed by atoms with Gasteiger partial charge in [0, 0.05) is 0 Å². The topological polar surface area (TPSA) is 0 Å². The summed E-state index contributed by atoms with van der Waals surface area (Å²) in [5.74, 6) is 0. The molecule has 0 fully saturated rings. The summed E-state index contributed by atoms with van der Waals surface area (Å²) in [5, 5.41) is 0. The van der Waals surface area contributed by atoms with Crippen LogP contribution in [0.4, 0.5) is 0 Å². The van der Waals surface area contributed by atoms with E-state index in [1.807, 2.05) is 6.08 Å². The second kappa shape index (κ2) is 4.00. The minimum atomic E-state index is 0.204. The van der Waals surface area contributed by atoms with Crippen LogP contribution in [0, 0.1) is 0 Å². The van der Waals surface area contributed by atoms with E-state index < -0.39 is 0 Å². The molecule has 0 nitrogen and oxygen atoms in total. The Morgan fingerprint density at radius 2 is 1.93 bits per heavy atom. The maximum Gasteiger partial charge on any atom is -0.0123 e. The first kappa shape index (κ1) is 11.0. The van der Waals surface area contributed by atoms with Crippen LogP contribution in [0.1, 0.15) is 44.4 Å². The third-order valence-corrected chi connectivity index (χ3v) is 2.53. The quantitative estimate of drug-likeness (QED) is 0.653. The molecule has 14 heavy (non-hydrogen) atoms. The molecule has 1 aromatic rings. The van der Waals surface area contributed by atoms with E-state index >= 15 is 0 Å². The molecule has 0 atom stereocenters. The molecule has 0 aromatic heterocycles. The van der Waals surface area contributed by atoms with Crippen molar-refractivity contribution in [2.24, 2.45) is 0 Å². The van der Waals surface area contributed by atoms with Crippen LogP contribution in [0.2, 0.25) is 0 Å². The van der Waals surface area contributed by atoms with Crippen molar-refractivity contribution in [1.82, 2.24) is 0 Å². The van der Waals surface area contributed by atoms with E-state index in [1.165, 1.54) is 16.7 Å². The lowest BCUT2D eigenvalue weighted by atomic mass is 9.80. The fraction of sp³-hybridized carbons (Fsp3) is 0.429. The number of aryl methyl sites for hydroxylation is 1. The first-order chi connectivity index (χ1) is 6.50. The van der Waals surface area contributed by atoms with Crippen molar-refractivity contribution < 1.29 is 0 Å². The number of rotatable bonds is 2. The zero-order valence-corrected chi connectivity index (χ0v) is 9.72. The summed E-state index contributed by atoms with van der Waals surface area (Å²) < 4.78 is 0. The van der Waals surface area contributed by atoms with E-state index in [4.69, 9.17) is 0 Å². The molecule has 0 aliphatic carbocycles. The van der Waals surface area contributed by atoms with E-state index in [0.29, 0.717) is 0 Å². The molecule has 1 aromatic carbocycles. The van der Waals surface area contributed by atoms with E-state index in [-0.39, 0.29) is 5.41 Å². The van der Waals surface area contributed by atoms with Crippen molar-refractivity contribution in [1.29, 1.82) is 0 Å². The Labute approximate surface area is 87.7 Å². The second-order valence-electron chi connectivity index (χ2n) is 4.69. The molecule has 0 saturated heterocycles. The fourth-order valence-electron chi connectivity index (χ4n) is 2.00. The van der Waals surface area contributed by atoms with Gasteiger partial charge in [0.25, 0.3) is 0 Å². The summed E-state index contributed by atoms with van der Waals surface area (Å²) in [4.78, 5) is 0. The highest BCUT2D eigenvalue weighted by molar-refractivity contribution is 5.56. The minimum absolute atomic E-state index is 0.204. The van der Waals surface area contributed by atoms with Crippen LogP contribution in [0.3, 0.4) is 0 Å². The fourth-order valence-corrected chi connectivity index (χ4v) is 2.00. The molecule has 76 valence electrons. The lowest BCUT2D eigenvalue weighted by Crippen LogP contribution is -2.15. The molecule has 0 amide bonds. The molecule has 0 saturated carbocycles. The zero-order chi connectivity index (χ0) is 10.8. The summed E-state index contributed by atoms with van der Waals surface area (Å²) in [6, 6.07) is 6.48. The van der Waals surface area contributed by atoms with Gasteiger partial charge in [-0.3, -0.25) is 0 Å². The van der Waals surface area contributed by atoms with E-state index in [9.17, 15) is 0 Å². The third-order valence-electron chi connectivity index (χ3n) is 2.53. The largest absolute Gasteiger partial charge is 0.0985 e. The van der Waals surface area contributed by atoms with Gasteiger partial charge < -0.3 is 0 Å². The molecule has 0 aliphatic heterocycles. The molecule has 0 unspecified atom stereocenters. The van der Waals surface area contributed by atoms with Gasteiger partial charge >= 0.3 is 0 Å². The Bertz CT molecular complexity index is 326. The van der Waals surface area contributed by atoms with Crippen LogP contribution >= 0.6 is 0 Å². The maximum atomic E-state index is 3.88.